The lowest BCUT2D eigenvalue weighted by atomic mass is 9.84. The van der Waals surface area contributed by atoms with Crippen molar-refractivity contribution in [2.45, 2.75) is 51.0 Å². The molecule has 3 N–H and O–H groups in total. The number of fused-ring (bicyclic) bond motifs is 1. The van der Waals surface area contributed by atoms with Gasteiger partial charge >= 0.3 is 0 Å². The fourth-order valence-corrected chi connectivity index (χ4v) is 6.16. The van der Waals surface area contributed by atoms with Gasteiger partial charge in [0.2, 0.25) is 5.95 Å². The average Bonchev–Trinajstić information content (AvgIpc) is 3.43. The number of nitrogens with one attached hydrogen (secondary N) is 3. The molecule has 2 saturated heterocycles. The van der Waals surface area contributed by atoms with Gasteiger partial charge in [0, 0.05) is 23.7 Å². The zero-order valence-electron chi connectivity index (χ0n) is 21.4. The molecule has 0 bridgehead atoms. The Bertz CT molecular complexity index is 1250. The van der Waals surface area contributed by atoms with Crippen LogP contribution >= 0.6 is 11.6 Å². The predicted molar refractivity (Wildman–Crippen MR) is 150 cm³/mol. The molecular formula is C29H35ClN6O. The van der Waals surface area contributed by atoms with Crippen molar-refractivity contribution in [2.24, 2.45) is 0 Å². The van der Waals surface area contributed by atoms with E-state index in [1.807, 2.05) is 18.2 Å². The van der Waals surface area contributed by atoms with Crippen molar-refractivity contribution in [2.75, 3.05) is 43.4 Å². The Morgan fingerprint density at radius 1 is 1.00 bits per heavy atom. The lowest BCUT2D eigenvalue weighted by Gasteiger charge is -2.40. The molecule has 0 amide bonds. The van der Waals surface area contributed by atoms with Crippen molar-refractivity contribution in [3.63, 3.8) is 0 Å². The summed E-state index contributed by atoms with van der Waals surface area (Å²) in [6, 6.07) is 13.2. The van der Waals surface area contributed by atoms with Gasteiger partial charge in [-0.3, -0.25) is 0 Å². The third kappa shape index (κ3) is 5.26. The molecule has 0 atom stereocenters. The first-order valence-electron chi connectivity index (χ1n) is 13.5. The van der Waals surface area contributed by atoms with Gasteiger partial charge in [-0.1, -0.05) is 35.9 Å². The van der Waals surface area contributed by atoms with Crippen molar-refractivity contribution in [3.05, 3.63) is 64.3 Å². The van der Waals surface area contributed by atoms with Crippen molar-refractivity contribution >= 4 is 34.7 Å². The van der Waals surface area contributed by atoms with Gasteiger partial charge in [0.1, 0.15) is 10.8 Å². The Morgan fingerprint density at radius 2 is 1.81 bits per heavy atom. The van der Waals surface area contributed by atoms with Gasteiger partial charge < -0.3 is 25.6 Å². The van der Waals surface area contributed by atoms with Crippen molar-refractivity contribution in [1.29, 1.82) is 0 Å². The third-order valence-corrected chi connectivity index (χ3v) is 8.35. The summed E-state index contributed by atoms with van der Waals surface area (Å²) in [4.78, 5) is 11.8. The van der Waals surface area contributed by atoms with Crippen molar-refractivity contribution in [1.82, 2.24) is 20.2 Å². The highest BCUT2D eigenvalue weighted by atomic mass is 35.5. The molecule has 2 aromatic carbocycles. The second-order valence-electron chi connectivity index (χ2n) is 10.4. The molecule has 3 aliphatic heterocycles. The van der Waals surface area contributed by atoms with Crippen LogP contribution in [0.5, 0.6) is 5.75 Å². The molecule has 3 aliphatic rings. The highest BCUT2D eigenvalue weighted by Crippen LogP contribution is 2.42. The lowest BCUT2D eigenvalue weighted by Crippen LogP contribution is -2.46. The molecule has 0 unspecified atom stereocenters. The van der Waals surface area contributed by atoms with Crippen LogP contribution in [0.1, 0.15) is 48.3 Å². The van der Waals surface area contributed by atoms with Crippen LogP contribution in [-0.2, 0) is 6.42 Å². The minimum atomic E-state index is 0.474. The first kappa shape index (κ1) is 24.5. The molecular weight excluding hydrogens is 484 g/mol. The van der Waals surface area contributed by atoms with Crippen LogP contribution in [0.15, 0.2) is 42.6 Å². The van der Waals surface area contributed by atoms with Crippen molar-refractivity contribution < 1.29 is 4.74 Å². The van der Waals surface area contributed by atoms with Gasteiger partial charge in [-0.2, -0.15) is 4.98 Å². The standard InChI is InChI=1S/C29H35ClN6O/c1-19-4-2-3-5-25(19)33-28-24(30)18-32-29(35-28)34-26-7-6-22(23-12-17-37-27(23)26)20-10-15-36(16-11-20)21-8-13-31-14-9-21/h2-7,18,20-21,31H,8-17H2,1H3,(H2,32,33,34,35). The highest BCUT2D eigenvalue weighted by molar-refractivity contribution is 6.32. The molecule has 1 aromatic heterocycles. The molecule has 6 rings (SSSR count). The number of benzene rings is 2. The van der Waals surface area contributed by atoms with Crippen LogP contribution < -0.4 is 20.7 Å². The Balaban J connectivity index is 1.18. The fraction of sp³-hybridized carbons (Fsp3) is 0.448. The van der Waals surface area contributed by atoms with E-state index in [-0.39, 0.29) is 0 Å². The van der Waals surface area contributed by atoms with Crippen LogP contribution in [-0.4, -0.2) is 53.7 Å². The molecule has 37 heavy (non-hydrogen) atoms. The number of anilines is 4. The number of rotatable bonds is 6. The van der Waals surface area contributed by atoms with Gasteiger partial charge in [0.25, 0.3) is 0 Å². The van der Waals surface area contributed by atoms with Gasteiger partial charge in [0.05, 0.1) is 18.5 Å². The maximum atomic E-state index is 6.42. The Kier molecular flexibility index (Phi) is 7.18. The fourth-order valence-electron chi connectivity index (χ4n) is 6.03. The summed E-state index contributed by atoms with van der Waals surface area (Å²) in [5, 5.41) is 10.7. The summed E-state index contributed by atoms with van der Waals surface area (Å²) in [6.07, 6.45) is 7.58. The van der Waals surface area contributed by atoms with E-state index >= 15 is 0 Å². The van der Waals surface area contributed by atoms with Crippen LogP contribution in [0.25, 0.3) is 0 Å². The van der Waals surface area contributed by atoms with Crippen molar-refractivity contribution in [3.8, 4) is 5.75 Å². The normalized spacial score (nSPS) is 18.9. The number of piperidine rings is 2. The van der Waals surface area contributed by atoms with Gasteiger partial charge in [0.15, 0.2) is 5.82 Å². The number of ether oxygens (including phenoxy) is 1. The number of hydrogen-bond acceptors (Lipinski definition) is 7. The van der Waals surface area contributed by atoms with Crippen LogP contribution in [0.4, 0.5) is 23.1 Å². The number of nitrogens with zero attached hydrogens (tertiary/aromatic N) is 3. The first-order chi connectivity index (χ1) is 18.2. The number of likely N-dealkylation sites (tertiary alicyclic amines) is 1. The highest BCUT2D eigenvalue weighted by Gasteiger charge is 2.30. The summed E-state index contributed by atoms with van der Waals surface area (Å²) in [6.45, 7) is 7.47. The average molecular weight is 519 g/mol. The summed E-state index contributed by atoms with van der Waals surface area (Å²) >= 11 is 6.42. The molecule has 4 heterocycles. The number of aryl methyl sites for hydroxylation is 1. The number of hydrogen-bond donors (Lipinski definition) is 3. The lowest BCUT2D eigenvalue weighted by molar-refractivity contribution is 0.127. The molecule has 0 radical (unpaired) electrons. The smallest absolute Gasteiger partial charge is 0.229 e. The zero-order valence-corrected chi connectivity index (χ0v) is 22.2. The largest absolute Gasteiger partial charge is 0.491 e. The van der Waals surface area contributed by atoms with Crippen LogP contribution in [0.3, 0.4) is 0 Å². The quantitative estimate of drug-likeness (QED) is 0.381. The summed E-state index contributed by atoms with van der Waals surface area (Å²) in [7, 11) is 0. The number of aromatic nitrogens is 2. The molecule has 0 saturated carbocycles. The molecule has 194 valence electrons. The molecule has 8 heteroatoms. The van der Waals surface area contributed by atoms with Gasteiger partial charge in [-0.15, -0.1) is 0 Å². The molecule has 2 fully saturated rings. The van der Waals surface area contributed by atoms with E-state index in [0.29, 0.717) is 22.7 Å². The zero-order chi connectivity index (χ0) is 25.2. The summed E-state index contributed by atoms with van der Waals surface area (Å²) in [5.41, 5.74) is 5.80. The molecule has 0 aliphatic carbocycles. The van der Waals surface area contributed by atoms with Gasteiger partial charge in [-0.05, 0) is 88.0 Å². The van der Waals surface area contributed by atoms with E-state index in [1.54, 1.807) is 6.20 Å². The van der Waals surface area contributed by atoms with E-state index in [2.05, 4.69) is 55.9 Å². The number of halogens is 1. The maximum Gasteiger partial charge on any atom is 0.229 e. The van der Waals surface area contributed by atoms with Crippen LogP contribution in [0, 0.1) is 6.92 Å². The van der Waals surface area contributed by atoms with E-state index < -0.39 is 0 Å². The SMILES string of the molecule is Cc1ccccc1Nc1nc(Nc2ccc(C3CCN(C4CCNCC4)CC3)c3c2OCC3)ncc1Cl. The van der Waals surface area contributed by atoms with E-state index in [1.165, 1.54) is 49.9 Å². The van der Waals surface area contributed by atoms with E-state index in [0.717, 1.165) is 54.8 Å². The summed E-state index contributed by atoms with van der Waals surface area (Å²) in [5.74, 6) is 2.61. The van der Waals surface area contributed by atoms with E-state index in [9.17, 15) is 0 Å². The van der Waals surface area contributed by atoms with Crippen LogP contribution in [0.2, 0.25) is 5.02 Å². The Hall–Kier alpha value is -2.87. The third-order valence-electron chi connectivity index (χ3n) is 8.08. The Morgan fingerprint density at radius 3 is 2.62 bits per heavy atom. The predicted octanol–water partition coefficient (Wildman–Crippen LogP) is 5.79. The second-order valence-corrected chi connectivity index (χ2v) is 10.8. The molecule has 3 aromatic rings. The minimum absolute atomic E-state index is 0.474. The minimum Gasteiger partial charge on any atom is -0.491 e. The number of para-hydroxylation sites is 1. The first-order valence-corrected chi connectivity index (χ1v) is 13.9. The Labute approximate surface area is 224 Å². The second kappa shape index (κ2) is 10.9. The topological polar surface area (TPSA) is 74.3 Å². The van der Waals surface area contributed by atoms with E-state index in [4.69, 9.17) is 16.3 Å². The summed E-state index contributed by atoms with van der Waals surface area (Å²) < 4.78 is 6.14. The molecule has 0 spiro atoms. The maximum absolute atomic E-state index is 6.42. The monoisotopic (exact) mass is 518 g/mol. The van der Waals surface area contributed by atoms with Gasteiger partial charge in [-0.25, -0.2) is 4.98 Å². The molecule has 7 nitrogen and oxygen atoms in total.